The molecule has 1 fully saturated rings. The van der Waals surface area contributed by atoms with E-state index in [1.165, 1.54) is 0 Å². The lowest BCUT2D eigenvalue weighted by Crippen LogP contribution is -2.28. The lowest BCUT2D eigenvalue weighted by atomic mass is 9.67. The van der Waals surface area contributed by atoms with E-state index in [-0.39, 0.29) is 11.8 Å². The lowest BCUT2D eigenvalue weighted by molar-refractivity contribution is -0.106. The molecule has 3 rings (SSSR count). The summed E-state index contributed by atoms with van der Waals surface area (Å²) in [5.41, 5.74) is 1.86. The Hall–Kier alpha value is -2.90. The first kappa shape index (κ1) is 17.9. The van der Waals surface area contributed by atoms with Gasteiger partial charge in [0.1, 0.15) is 0 Å². The predicted molar refractivity (Wildman–Crippen MR) is 96.5 cm³/mol. The third-order valence-corrected chi connectivity index (χ3v) is 5.17. The van der Waals surface area contributed by atoms with Crippen LogP contribution < -0.4 is 10.6 Å². The van der Waals surface area contributed by atoms with Crippen molar-refractivity contribution in [3.63, 3.8) is 0 Å². The van der Waals surface area contributed by atoms with E-state index in [2.05, 4.69) is 44.9 Å². The highest BCUT2D eigenvalue weighted by atomic mass is 16.1. The molecule has 0 aromatic carbocycles. The minimum Gasteiger partial charge on any atom is -0.312 e. The highest BCUT2D eigenvalue weighted by Crippen LogP contribution is 2.46. The van der Waals surface area contributed by atoms with E-state index in [0.717, 1.165) is 24.2 Å². The van der Waals surface area contributed by atoms with Crippen LogP contribution in [0.5, 0.6) is 0 Å². The predicted octanol–water partition coefficient (Wildman–Crippen LogP) is 2.34. The first-order valence-corrected chi connectivity index (χ1v) is 8.70. The van der Waals surface area contributed by atoms with Gasteiger partial charge in [0.25, 0.3) is 0 Å². The van der Waals surface area contributed by atoms with Crippen molar-refractivity contribution in [2.75, 3.05) is 10.6 Å². The summed E-state index contributed by atoms with van der Waals surface area (Å²) in [7, 11) is 0. The second-order valence-electron chi connectivity index (χ2n) is 6.85. The average Bonchev–Trinajstić information content (AvgIpc) is 2.64. The molecule has 2 aromatic rings. The topological polar surface area (TPSA) is 110 Å². The van der Waals surface area contributed by atoms with E-state index in [1.807, 2.05) is 12.1 Å². The number of aromatic nitrogens is 4. The van der Waals surface area contributed by atoms with Crippen LogP contribution in [0, 0.1) is 11.8 Å². The summed E-state index contributed by atoms with van der Waals surface area (Å²) in [6.07, 6.45) is 3.15. The molecule has 2 N–H and O–H groups in total. The van der Waals surface area contributed by atoms with E-state index < -0.39 is 0 Å². The molecule has 4 atom stereocenters. The Kier molecular flexibility index (Phi) is 5.50. The molecule has 0 spiro atoms. The van der Waals surface area contributed by atoms with E-state index in [0.29, 0.717) is 36.3 Å². The van der Waals surface area contributed by atoms with Crippen molar-refractivity contribution >= 4 is 24.5 Å². The van der Waals surface area contributed by atoms with Gasteiger partial charge in [0, 0.05) is 11.8 Å². The standard InChI is InChI=1S/C18H22N6O2/c1-11-7-12(2)14(16-4-6-18(20-10-26)24-22-16)8-13(11)15-3-5-17(19-9-25)23-21-15/h3-6,9-14H,7-8H2,1-2H3,(H,19,23,25)(H,20,24,26)/t11?,12?,13-,14?/m0/s1. The number of carbonyl (C=O) groups is 2. The Morgan fingerprint density at radius 1 is 0.769 bits per heavy atom. The number of carbonyl (C=O) groups excluding carboxylic acids is 2. The Morgan fingerprint density at radius 3 is 1.58 bits per heavy atom. The van der Waals surface area contributed by atoms with Crippen molar-refractivity contribution < 1.29 is 9.59 Å². The first-order chi connectivity index (χ1) is 12.6. The van der Waals surface area contributed by atoms with Crippen molar-refractivity contribution in [1.29, 1.82) is 0 Å². The Morgan fingerprint density at radius 2 is 1.23 bits per heavy atom. The molecule has 8 nitrogen and oxygen atoms in total. The summed E-state index contributed by atoms with van der Waals surface area (Å²) in [5.74, 6) is 2.38. The number of hydrogen-bond donors (Lipinski definition) is 2. The zero-order chi connectivity index (χ0) is 18.5. The van der Waals surface area contributed by atoms with Crippen LogP contribution in [-0.4, -0.2) is 33.2 Å². The summed E-state index contributed by atoms with van der Waals surface area (Å²) >= 11 is 0. The highest BCUT2D eigenvalue weighted by molar-refractivity contribution is 5.68. The largest absolute Gasteiger partial charge is 0.312 e. The van der Waals surface area contributed by atoms with Gasteiger partial charge in [-0.25, -0.2) is 0 Å². The van der Waals surface area contributed by atoms with Crippen LogP contribution in [0.1, 0.15) is 49.9 Å². The van der Waals surface area contributed by atoms with E-state index in [9.17, 15) is 9.59 Å². The van der Waals surface area contributed by atoms with Crippen LogP contribution in [0.4, 0.5) is 11.6 Å². The van der Waals surface area contributed by atoms with Gasteiger partial charge in [-0.2, -0.15) is 10.2 Å². The van der Waals surface area contributed by atoms with Gasteiger partial charge >= 0.3 is 0 Å². The van der Waals surface area contributed by atoms with Crippen molar-refractivity contribution in [3.8, 4) is 0 Å². The normalized spacial score (nSPS) is 25.3. The molecular formula is C18H22N6O2. The minimum absolute atomic E-state index is 0.267. The molecule has 2 aromatic heterocycles. The molecule has 26 heavy (non-hydrogen) atoms. The molecular weight excluding hydrogens is 332 g/mol. The monoisotopic (exact) mass is 354 g/mol. The number of nitrogens with zero attached hydrogens (tertiary/aromatic N) is 4. The zero-order valence-electron chi connectivity index (χ0n) is 14.8. The second-order valence-corrected chi connectivity index (χ2v) is 6.85. The summed E-state index contributed by atoms with van der Waals surface area (Å²) in [5, 5.41) is 21.7. The number of nitrogens with one attached hydrogen (secondary N) is 2. The van der Waals surface area contributed by atoms with Gasteiger partial charge in [-0.05, 0) is 48.9 Å². The lowest BCUT2D eigenvalue weighted by Gasteiger charge is -2.38. The van der Waals surface area contributed by atoms with E-state index in [1.54, 1.807) is 12.1 Å². The fourth-order valence-corrected chi connectivity index (χ4v) is 3.83. The highest BCUT2D eigenvalue weighted by Gasteiger charge is 2.36. The quantitative estimate of drug-likeness (QED) is 0.771. The summed E-state index contributed by atoms with van der Waals surface area (Å²) in [6, 6.07) is 7.40. The molecule has 2 amide bonds. The second kappa shape index (κ2) is 7.99. The number of amides is 2. The maximum Gasteiger partial charge on any atom is 0.212 e. The molecule has 8 heteroatoms. The van der Waals surface area contributed by atoms with Crippen LogP contribution >= 0.6 is 0 Å². The van der Waals surface area contributed by atoms with Gasteiger partial charge in [0.15, 0.2) is 11.6 Å². The van der Waals surface area contributed by atoms with Crippen molar-refractivity contribution in [2.24, 2.45) is 11.8 Å². The van der Waals surface area contributed by atoms with Crippen molar-refractivity contribution in [1.82, 2.24) is 20.4 Å². The van der Waals surface area contributed by atoms with Crippen LogP contribution in [0.15, 0.2) is 24.3 Å². The molecule has 136 valence electrons. The van der Waals surface area contributed by atoms with Crippen LogP contribution in [0.2, 0.25) is 0 Å². The summed E-state index contributed by atoms with van der Waals surface area (Å²) in [6.45, 7) is 4.47. The number of rotatable bonds is 6. The van der Waals surface area contributed by atoms with Crippen LogP contribution in [0.25, 0.3) is 0 Å². The molecule has 0 bridgehead atoms. The fourth-order valence-electron chi connectivity index (χ4n) is 3.83. The minimum atomic E-state index is 0.267. The van der Waals surface area contributed by atoms with Crippen LogP contribution in [0.3, 0.4) is 0 Å². The molecule has 0 radical (unpaired) electrons. The molecule has 2 heterocycles. The Labute approximate surface area is 151 Å². The van der Waals surface area contributed by atoms with Crippen LogP contribution in [-0.2, 0) is 9.59 Å². The third kappa shape index (κ3) is 3.84. The Balaban J connectivity index is 1.79. The molecule has 0 aliphatic heterocycles. The van der Waals surface area contributed by atoms with E-state index in [4.69, 9.17) is 0 Å². The number of hydrogen-bond acceptors (Lipinski definition) is 6. The van der Waals surface area contributed by atoms with Crippen molar-refractivity contribution in [2.45, 2.75) is 38.5 Å². The summed E-state index contributed by atoms with van der Waals surface area (Å²) in [4.78, 5) is 21.0. The maximum absolute atomic E-state index is 10.5. The van der Waals surface area contributed by atoms with E-state index >= 15 is 0 Å². The van der Waals surface area contributed by atoms with Gasteiger partial charge in [0.2, 0.25) is 12.8 Å². The number of anilines is 2. The maximum atomic E-state index is 10.5. The molecule has 0 saturated heterocycles. The third-order valence-electron chi connectivity index (χ3n) is 5.17. The average molecular weight is 354 g/mol. The zero-order valence-corrected chi connectivity index (χ0v) is 14.8. The SMILES string of the molecule is CC1CC(C)[C@@H](c2ccc(NC=O)nn2)CC1c1ccc(NC=O)nn1. The molecule has 1 aliphatic carbocycles. The summed E-state index contributed by atoms with van der Waals surface area (Å²) < 4.78 is 0. The van der Waals surface area contributed by atoms with Gasteiger partial charge in [0.05, 0.1) is 11.4 Å². The first-order valence-electron chi connectivity index (χ1n) is 8.70. The van der Waals surface area contributed by atoms with Gasteiger partial charge in [-0.15, -0.1) is 10.2 Å². The van der Waals surface area contributed by atoms with Gasteiger partial charge in [-0.3, -0.25) is 9.59 Å². The molecule has 1 saturated carbocycles. The van der Waals surface area contributed by atoms with Crippen molar-refractivity contribution in [3.05, 3.63) is 35.7 Å². The fraction of sp³-hybridized carbons (Fsp3) is 0.444. The molecule has 3 unspecified atom stereocenters. The van der Waals surface area contributed by atoms with Gasteiger partial charge in [-0.1, -0.05) is 13.8 Å². The molecule has 1 aliphatic rings. The van der Waals surface area contributed by atoms with Gasteiger partial charge < -0.3 is 10.6 Å². The Bertz CT molecular complexity index is 686. The smallest absolute Gasteiger partial charge is 0.212 e.